The van der Waals surface area contributed by atoms with Gasteiger partial charge in [-0.05, 0) is 19.3 Å². The van der Waals surface area contributed by atoms with Gasteiger partial charge in [-0.2, -0.15) is 0 Å². The zero-order valence-electron chi connectivity index (χ0n) is 41.5. The van der Waals surface area contributed by atoms with E-state index in [-0.39, 0.29) is 18.9 Å². The number of amides is 1. The Labute approximate surface area is 399 Å². The van der Waals surface area contributed by atoms with E-state index in [0.29, 0.717) is 6.42 Å². The molecule has 2 fully saturated rings. The van der Waals surface area contributed by atoms with Gasteiger partial charge in [0.1, 0.15) is 48.8 Å². The van der Waals surface area contributed by atoms with Crippen LogP contribution in [0.25, 0.3) is 0 Å². The molecule has 0 aromatic rings. The van der Waals surface area contributed by atoms with E-state index < -0.39 is 86.8 Å². The van der Waals surface area contributed by atoms with Crippen molar-refractivity contribution in [1.29, 1.82) is 0 Å². The summed E-state index contributed by atoms with van der Waals surface area (Å²) in [4.78, 5) is 12.5. The molecule has 66 heavy (non-hydrogen) atoms. The number of hydrogen-bond donors (Lipinski definition) is 9. The molecule has 9 N–H and O–H groups in total. The molecule has 14 nitrogen and oxygen atoms in total. The van der Waals surface area contributed by atoms with Crippen LogP contribution in [0, 0.1) is 0 Å². The lowest BCUT2D eigenvalue weighted by atomic mass is 9.97. The summed E-state index contributed by atoms with van der Waals surface area (Å²) in [5.74, 6) is -0.291. The van der Waals surface area contributed by atoms with Crippen molar-refractivity contribution in [2.24, 2.45) is 0 Å². The Bertz CT molecular complexity index is 1160. The normalized spacial score (nSPS) is 26.8. The Morgan fingerprint density at radius 3 is 1.36 bits per heavy atom. The topological polar surface area (TPSA) is 228 Å². The maximum absolute atomic E-state index is 12.5. The van der Waals surface area contributed by atoms with Gasteiger partial charge in [0.05, 0.1) is 32.0 Å². The first kappa shape index (κ1) is 60.9. The van der Waals surface area contributed by atoms with Gasteiger partial charge in [0.15, 0.2) is 12.6 Å². The van der Waals surface area contributed by atoms with Gasteiger partial charge in [-0.3, -0.25) is 4.79 Å². The third kappa shape index (κ3) is 26.1. The fourth-order valence-electron chi connectivity index (χ4n) is 9.10. The van der Waals surface area contributed by atoms with Crippen molar-refractivity contribution in [2.45, 2.75) is 293 Å². The number of carbonyl (C=O) groups is 1. The van der Waals surface area contributed by atoms with Crippen molar-refractivity contribution in [3.63, 3.8) is 0 Å². The summed E-state index contributed by atoms with van der Waals surface area (Å²) in [6.07, 6.45) is 27.7. The number of aliphatic hydroxyl groups is 8. The van der Waals surface area contributed by atoms with Gasteiger partial charge < -0.3 is 65.1 Å². The Kier molecular flexibility index (Phi) is 36.4. The molecule has 12 atom stereocenters. The van der Waals surface area contributed by atoms with E-state index in [9.17, 15) is 45.6 Å². The van der Waals surface area contributed by atoms with Crippen LogP contribution in [0.1, 0.15) is 219 Å². The predicted octanol–water partition coefficient (Wildman–Crippen LogP) is 7.55. The molecule has 2 saturated heterocycles. The number of carbonyl (C=O) groups excluding carboxylic acids is 1. The van der Waals surface area contributed by atoms with E-state index in [1.807, 2.05) is 13.0 Å². The van der Waals surface area contributed by atoms with Crippen LogP contribution in [0.3, 0.4) is 0 Å². The number of allylic oxidation sites excluding steroid dienone is 1. The fraction of sp³-hybridized carbons (Fsp3) is 0.942. The standard InChI is InChI=1S/C52H99NO13/c1-3-5-6-7-8-9-10-11-12-13-14-15-16-17-18-19-20-21-22-23-24-25-26-27-28-29-30-31-32-33-34-36-41(56)40(53-44(57)35-4-2)39-63-51-49(62)47(60)50(43(38-55)65-51)66-52-48(61)46(59)45(58)42(37-54)64-52/h34,36,40-43,45-52,54-56,58-62H,3-33,35,37-39H2,1-2H3,(H,53,57)/b36-34+. The molecule has 12 unspecified atom stereocenters. The van der Waals surface area contributed by atoms with Crippen LogP contribution in [-0.4, -0.2) is 140 Å². The fourth-order valence-corrected chi connectivity index (χ4v) is 9.10. The molecule has 14 heteroatoms. The van der Waals surface area contributed by atoms with Crippen molar-refractivity contribution in [3.8, 4) is 0 Å². The smallest absolute Gasteiger partial charge is 0.220 e. The van der Waals surface area contributed by atoms with Crippen molar-refractivity contribution in [3.05, 3.63) is 12.2 Å². The number of unbranched alkanes of at least 4 members (excludes halogenated alkanes) is 29. The van der Waals surface area contributed by atoms with Crippen molar-refractivity contribution >= 4 is 5.91 Å². The van der Waals surface area contributed by atoms with E-state index in [4.69, 9.17) is 18.9 Å². The summed E-state index contributed by atoms with van der Waals surface area (Å²) in [6.45, 7) is 2.43. The van der Waals surface area contributed by atoms with E-state index in [0.717, 1.165) is 19.3 Å². The number of ether oxygens (including phenoxy) is 4. The van der Waals surface area contributed by atoms with Crippen LogP contribution in [0.4, 0.5) is 0 Å². The maximum Gasteiger partial charge on any atom is 0.220 e. The van der Waals surface area contributed by atoms with E-state index in [2.05, 4.69) is 12.2 Å². The molecule has 0 aromatic heterocycles. The lowest BCUT2D eigenvalue weighted by Gasteiger charge is -2.46. The summed E-state index contributed by atoms with van der Waals surface area (Å²) < 4.78 is 22.4. The zero-order chi connectivity index (χ0) is 48.2. The number of rotatable bonds is 42. The first-order valence-corrected chi connectivity index (χ1v) is 26.9. The van der Waals surface area contributed by atoms with Gasteiger partial charge >= 0.3 is 0 Å². The lowest BCUT2D eigenvalue weighted by molar-refractivity contribution is -0.359. The van der Waals surface area contributed by atoms with Crippen LogP contribution >= 0.6 is 0 Å². The molecule has 0 saturated carbocycles. The summed E-state index contributed by atoms with van der Waals surface area (Å²) >= 11 is 0. The SMILES string of the molecule is CCCCCCCCCCCCCCCCCCCCCCCCCCCCCCC/C=C/C(O)C(COC1OC(CO)C(OC2OC(CO)C(O)C(O)C2O)C(O)C1O)NC(=O)CCC. The third-order valence-electron chi connectivity index (χ3n) is 13.4. The molecule has 0 spiro atoms. The van der Waals surface area contributed by atoms with E-state index >= 15 is 0 Å². The molecule has 2 rings (SSSR count). The van der Waals surface area contributed by atoms with Crippen LogP contribution in [-0.2, 0) is 23.7 Å². The summed E-state index contributed by atoms with van der Waals surface area (Å²) in [6, 6.07) is -0.905. The molecule has 0 radical (unpaired) electrons. The second kappa shape index (κ2) is 39.5. The van der Waals surface area contributed by atoms with Gasteiger partial charge in [-0.1, -0.05) is 206 Å². The average Bonchev–Trinajstić information content (AvgIpc) is 3.31. The summed E-state index contributed by atoms with van der Waals surface area (Å²) in [5, 5.41) is 85.7. The highest BCUT2D eigenvalue weighted by Gasteiger charge is 2.51. The van der Waals surface area contributed by atoms with E-state index in [1.54, 1.807) is 6.08 Å². The summed E-state index contributed by atoms with van der Waals surface area (Å²) in [7, 11) is 0. The van der Waals surface area contributed by atoms with Crippen molar-refractivity contribution in [1.82, 2.24) is 5.32 Å². The molecule has 390 valence electrons. The minimum Gasteiger partial charge on any atom is -0.394 e. The molecule has 0 aliphatic carbocycles. The van der Waals surface area contributed by atoms with Crippen molar-refractivity contribution in [2.75, 3.05) is 19.8 Å². The maximum atomic E-state index is 12.5. The molecule has 0 bridgehead atoms. The van der Waals surface area contributed by atoms with Crippen molar-refractivity contribution < 1.29 is 64.6 Å². The van der Waals surface area contributed by atoms with Gasteiger partial charge in [-0.15, -0.1) is 0 Å². The quantitative estimate of drug-likeness (QED) is 0.0213. The zero-order valence-corrected chi connectivity index (χ0v) is 41.5. The third-order valence-corrected chi connectivity index (χ3v) is 13.4. The minimum absolute atomic E-state index is 0.234. The number of nitrogens with one attached hydrogen (secondary N) is 1. The molecule has 2 aliphatic rings. The highest BCUT2D eigenvalue weighted by molar-refractivity contribution is 5.76. The number of hydrogen-bond acceptors (Lipinski definition) is 13. The number of aliphatic hydroxyl groups excluding tert-OH is 8. The molecule has 2 heterocycles. The van der Waals surface area contributed by atoms with Crippen LogP contribution in [0.2, 0.25) is 0 Å². The Morgan fingerprint density at radius 2 is 0.939 bits per heavy atom. The van der Waals surface area contributed by atoms with Crippen LogP contribution in [0.15, 0.2) is 12.2 Å². The van der Waals surface area contributed by atoms with Gasteiger partial charge in [0, 0.05) is 6.42 Å². The lowest BCUT2D eigenvalue weighted by Crippen LogP contribution is -2.65. The monoisotopic (exact) mass is 946 g/mol. The van der Waals surface area contributed by atoms with Gasteiger partial charge in [0.25, 0.3) is 0 Å². The Hall–Kier alpha value is -1.27. The minimum atomic E-state index is -1.78. The first-order chi connectivity index (χ1) is 32.1. The predicted molar refractivity (Wildman–Crippen MR) is 259 cm³/mol. The molecular weight excluding hydrogens is 847 g/mol. The summed E-state index contributed by atoms with van der Waals surface area (Å²) in [5.41, 5.74) is 0. The van der Waals surface area contributed by atoms with Crippen LogP contribution < -0.4 is 5.32 Å². The second-order valence-electron chi connectivity index (χ2n) is 19.4. The average molecular weight is 946 g/mol. The van der Waals surface area contributed by atoms with Gasteiger partial charge in [-0.25, -0.2) is 0 Å². The Morgan fingerprint density at radius 1 is 0.530 bits per heavy atom. The highest BCUT2D eigenvalue weighted by atomic mass is 16.7. The molecule has 2 aliphatic heterocycles. The molecule has 1 amide bonds. The second-order valence-corrected chi connectivity index (χ2v) is 19.4. The van der Waals surface area contributed by atoms with Crippen LogP contribution in [0.5, 0.6) is 0 Å². The first-order valence-electron chi connectivity index (χ1n) is 26.9. The van der Waals surface area contributed by atoms with E-state index in [1.165, 1.54) is 173 Å². The largest absolute Gasteiger partial charge is 0.394 e. The molecule has 0 aromatic carbocycles. The highest BCUT2D eigenvalue weighted by Crippen LogP contribution is 2.30. The molecular formula is C52H99NO13. The van der Waals surface area contributed by atoms with Gasteiger partial charge in [0.2, 0.25) is 5.91 Å². The Balaban J connectivity index is 1.51.